The summed E-state index contributed by atoms with van der Waals surface area (Å²) in [5.41, 5.74) is -0.0567. The molecule has 1 rings (SSSR count). The van der Waals surface area contributed by atoms with Crippen molar-refractivity contribution in [1.82, 2.24) is 5.32 Å². The maximum absolute atomic E-state index is 12.1. The van der Waals surface area contributed by atoms with Crippen LogP contribution in [0.15, 0.2) is 18.2 Å². The van der Waals surface area contributed by atoms with E-state index >= 15 is 0 Å². The number of carbonyl (C=O) groups excluding carboxylic acids is 1. The molecule has 1 amide bonds. The van der Waals surface area contributed by atoms with E-state index in [1.807, 2.05) is 20.8 Å². The molecule has 0 heterocycles. The summed E-state index contributed by atoms with van der Waals surface area (Å²) < 4.78 is 0. The zero-order valence-corrected chi connectivity index (χ0v) is 13.1. The van der Waals surface area contributed by atoms with E-state index in [4.69, 9.17) is 16.7 Å². The zero-order valence-electron chi connectivity index (χ0n) is 12.3. The first-order chi connectivity index (χ1) is 9.58. The fourth-order valence-corrected chi connectivity index (χ4v) is 2.25. The molecule has 1 atom stereocenters. The molecule has 21 heavy (non-hydrogen) atoms. The van der Waals surface area contributed by atoms with E-state index in [1.165, 1.54) is 18.2 Å². The lowest BCUT2D eigenvalue weighted by atomic mass is 9.87. The van der Waals surface area contributed by atoms with Crippen molar-refractivity contribution in [2.75, 3.05) is 0 Å². The normalized spacial score (nSPS) is 12.8. The predicted octanol–water partition coefficient (Wildman–Crippen LogP) is 3.05. The number of halogens is 1. The van der Waals surface area contributed by atoms with Gasteiger partial charge in [0.1, 0.15) is 5.75 Å². The minimum Gasteiger partial charge on any atom is -0.507 e. The Balaban J connectivity index is 2.86. The van der Waals surface area contributed by atoms with Crippen LogP contribution in [0.2, 0.25) is 5.02 Å². The molecule has 6 heteroatoms. The Hall–Kier alpha value is -1.75. The maximum atomic E-state index is 12.1. The predicted molar refractivity (Wildman–Crippen MR) is 80.7 cm³/mol. The van der Waals surface area contributed by atoms with Gasteiger partial charge in [-0.3, -0.25) is 9.59 Å². The molecule has 116 valence electrons. The van der Waals surface area contributed by atoms with Gasteiger partial charge in [0.15, 0.2) is 0 Å². The molecule has 0 spiro atoms. The molecule has 0 radical (unpaired) electrons. The smallest absolute Gasteiger partial charge is 0.305 e. The van der Waals surface area contributed by atoms with Gasteiger partial charge >= 0.3 is 5.97 Å². The molecular weight excluding hydrogens is 294 g/mol. The fourth-order valence-electron chi connectivity index (χ4n) is 2.08. The minimum atomic E-state index is -0.982. The molecule has 0 fully saturated rings. The number of carbonyl (C=O) groups is 2. The summed E-state index contributed by atoms with van der Waals surface area (Å²) in [4.78, 5) is 23.1. The topological polar surface area (TPSA) is 86.6 Å². The van der Waals surface area contributed by atoms with E-state index in [0.29, 0.717) is 11.4 Å². The van der Waals surface area contributed by atoms with Crippen LogP contribution in [0.1, 0.15) is 44.0 Å². The van der Waals surface area contributed by atoms with Crippen molar-refractivity contribution in [2.24, 2.45) is 5.41 Å². The second-order valence-electron chi connectivity index (χ2n) is 6.19. The molecule has 1 aromatic carbocycles. The average molecular weight is 314 g/mol. The molecule has 5 nitrogen and oxygen atoms in total. The standard InChI is InChI=1S/C15H20ClNO4/c1-15(2,3)8-10(7-13(19)20)17-14(21)11-5-4-9(16)6-12(11)18/h4-6,10,18H,7-8H2,1-3H3,(H,17,21)(H,19,20). The lowest BCUT2D eigenvalue weighted by Crippen LogP contribution is -2.39. The Morgan fingerprint density at radius 2 is 1.95 bits per heavy atom. The number of hydrogen-bond donors (Lipinski definition) is 3. The third-order valence-corrected chi connectivity index (χ3v) is 3.05. The van der Waals surface area contributed by atoms with Gasteiger partial charge in [-0.05, 0) is 30.0 Å². The fraction of sp³-hybridized carbons (Fsp3) is 0.467. The van der Waals surface area contributed by atoms with Gasteiger partial charge < -0.3 is 15.5 Å². The van der Waals surface area contributed by atoms with Crippen molar-refractivity contribution in [3.8, 4) is 5.75 Å². The van der Waals surface area contributed by atoms with Gasteiger partial charge in [-0.25, -0.2) is 0 Å². The van der Waals surface area contributed by atoms with Crippen molar-refractivity contribution in [3.05, 3.63) is 28.8 Å². The Kier molecular flexibility index (Phi) is 5.61. The quantitative estimate of drug-likeness (QED) is 0.779. The van der Waals surface area contributed by atoms with Crippen LogP contribution in [0.25, 0.3) is 0 Å². The zero-order chi connectivity index (χ0) is 16.2. The van der Waals surface area contributed by atoms with Crippen molar-refractivity contribution in [3.63, 3.8) is 0 Å². The minimum absolute atomic E-state index is 0.0729. The van der Waals surface area contributed by atoms with Crippen LogP contribution < -0.4 is 5.32 Å². The van der Waals surface area contributed by atoms with Crippen molar-refractivity contribution >= 4 is 23.5 Å². The second kappa shape index (κ2) is 6.80. The van der Waals surface area contributed by atoms with Gasteiger partial charge in [0, 0.05) is 11.1 Å². The van der Waals surface area contributed by atoms with Gasteiger partial charge in [0.25, 0.3) is 5.91 Å². The Bertz CT molecular complexity index is 537. The van der Waals surface area contributed by atoms with Crippen molar-refractivity contribution < 1.29 is 19.8 Å². The highest BCUT2D eigenvalue weighted by Gasteiger charge is 2.24. The van der Waals surface area contributed by atoms with Gasteiger partial charge in [-0.15, -0.1) is 0 Å². The van der Waals surface area contributed by atoms with E-state index < -0.39 is 17.9 Å². The van der Waals surface area contributed by atoms with Crippen LogP contribution in [0.4, 0.5) is 0 Å². The molecule has 1 aromatic rings. The number of carboxylic acids is 1. The van der Waals surface area contributed by atoms with E-state index in [-0.39, 0.29) is 23.1 Å². The number of nitrogens with one attached hydrogen (secondary N) is 1. The summed E-state index contributed by atoms with van der Waals surface area (Å²) in [6.07, 6.45) is 0.344. The summed E-state index contributed by atoms with van der Waals surface area (Å²) in [6, 6.07) is 3.66. The van der Waals surface area contributed by atoms with Gasteiger partial charge in [-0.2, -0.15) is 0 Å². The summed E-state index contributed by atoms with van der Waals surface area (Å²) in [5, 5.41) is 21.6. The van der Waals surface area contributed by atoms with E-state index in [2.05, 4.69) is 5.32 Å². The lowest BCUT2D eigenvalue weighted by molar-refractivity contribution is -0.137. The second-order valence-corrected chi connectivity index (χ2v) is 6.63. The molecule has 0 bridgehead atoms. The molecule has 0 aromatic heterocycles. The molecule has 0 saturated carbocycles. The molecule has 1 unspecified atom stereocenters. The Morgan fingerprint density at radius 1 is 1.33 bits per heavy atom. The number of amides is 1. The first-order valence-electron chi connectivity index (χ1n) is 6.59. The van der Waals surface area contributed by atoms with Crippen molar-refractivity contribution in [1.29, 1.82) is 0 Å². The molecule has 0 aliphatic carbocycles. The number of rotatable bonds is 5. The van der Waals surface area contributed by atoms with Crippen LogP contribution in [0, 0.1) is 5.41 Å². The lowest BCUT2D eigenvalue weighted by Gasteiger charge is -2.26. The molecule has 3 N–H and O–H groups in total. The van der Waals surface area contributed by atoms with Crippen LogP contribution in [0.3, 0.4) is 0 Å². The monoisotopic (exact) mass is 313 g/mol. The Morgan fingerprint density at radius 3 is 2.43 bits per heavy atom. The summed E-state index contributed by atoms with van der Waals surface area (Å²) in [5.74, 6) is -1.73. The Labute approximate surface area is 128 Å². The highest BCUT2D eigenvalue weighted by molar-refractivity contribution is 6.30. The summed E-state index contributed by atoms with van der Waals surface area (Å²) in [6.45, 7) is 5.90. The van der Waals surface area contributed by atoms with Crippen LogP contribution >= 0.6 is 11.6 Å². The first kappa shape index (κ1) is 17.3. The number of aliphatic carboxylic acids is 1. The van der Waals surface area contributed by atoms with Crippen LogP contribution in [0.5, 0.6) is 5.75 Å². The molecule has 0 aliphatic heterocycles. The van der Waals surface area contributed by atoms with Gasteiger partial charge in [-0.1, -0.05) is 32.4 Å². The van der Waals surface area contributed by atoms with Crippen molar-refractivity contribution in [2.45, 2.75) is 39.7 Å². The maximum Gasteiger partial charge on any atom is 0.305 e. The molecular formula is C15H20ClNO4. The van der Waals surface area contributed by atoms with E-state index in [9.17, 15) is 14.7 Å². The third-order valence-electron chi connectivity index (χ3n) is 2.82. The summed E-state index contributed by atoms with van der Waals surface area (Å²) >= 11 is 5.71. The number of benzene rings is 1. The van der Waals surface area contributed by atoms with Crippen LogP contribution in [-0.2, 0) is 4.79 Å². The highest BCUT2D eigenvalue weighted by atomic mass is 35.5. The first-order valence-corrected chi connectivity index (χ1v) is 6.97. The number of hydrogen-bond acceptors (Lipinski definition) is 3. The number of carboxylic acid groups (broad SMARTS) is 1. The van der Waals surface area contributed by atoms with Gasteiger partial charge in [0.2, 0.25) is 0 Å². The molecule has 0 saturated heterocycles. The molecule has 0 aliphatic rings. The third kappa shape index (κ3) is 6.04. The van der Waals surface area contributed by atoms with E-state index in [1.54, 1.807) is 0 Å². The van der Waals surface area contributed by atoms with Crippen LogP contribution in [-0.4, -0.2) is 28.1 Å². The highest BCUT2D eigenvalue weighted by Crippen LogP contribution is 2.24. The SMILES string of the molecule is CC(C)(C)CC(CC(=O)O)NC(=O)c1ccc(Cl)cc1O. The number of aromatic hydroxyl groups is 1. The van der Waals surface area contributed by atoms with E-state index in [0.717, 1.165) is 0 Å². The summed E-state index contributed by atoms with van der Waals surface area (Å²) in [7, 11) is 0. The largest absolute Gasteiger partial charge is 0.507 e. The average Bonchev–Trinajstić information content (AvgIpc) is 2.24. The number of phenolic OH excluding ortho intramolecular Hbond substituents is 1. The van der Waals surface area contributed by atoms with Gasteiger partial charge in [0.05, 0.1) is 12.0 Å². The number of phenols is 1.